The van der Waals surface area contributed by atoms with Crippen LogP contribution in [-0.2, 0) is 13.1 Å². The second-order valence-corrected chi connectivity index (χ2v) is 6.42. The fourth-order valence-corrected chi connectivity index (χ4v) is 2.80. The molecular weight excluding hydrogens is 368 g/mol. The van der Waals surface area contributed by atoms with Gasteiger partial charge in [-0.15, -0.1) is 0 Å². The van der Waals surface area contributed by atoms with E-state index in [2.05, 4.69) is 37.0 Å². The maximum atomic E-state index is 8.96. The quantitative estimate of drug-likeness (QED) is 0.666. The summed E-state index contributed by atoms with van der Waals surface area (Å²) in [5.41, 5.74) is 2.64. The molecule has 0 radical (unpaired) electrons. The molecule has 0 aliphatic rings. The van der Waals surface area contributed by atoms with E-state index in [-0.39, 0.29) is 0 Å². The summed E-state index contributed by atoms with van der Waals surface area (Å²) in [6, 6.07) is 17.5. The molecule has 120 valence electrons. The van der Waals surface area contributed by atoms with Gasteiger partial charge in [-0.05, 0) is 36.9 Å². The lowest BCUT2D eigenvalue weighted by Gasteiger charge is -2.14. The molecule has 0 aliphatic heterocycles. The summed E-state index contributed by atoms with van der Waals surface area (Å²) in [6.45, 7) is 1.24. The molecule has 5 nitrogen and oxygen atoms in total. The molecule has 0 saturated carbocycles. The van der Waals surface area contributed by atoms with Crippen molar-refractivity contribution in [2.24, 2.45) is 0 Å². The molecule has 0 bridgehead atoms. The first kappa shape index (κ1) is 16.4. The van der Waals surface area contributed by atoms with Gasteiger partial charge in [0.25, 0.3) is 0 Å². The van der Waals surface area contributed by atoms with Gasteiger partial charge in [0.05, 0.1) is 18.2 Å². The Morgan fingerprint density at radius 3 is 2.79 bits per heavy atom. The third kappa shape index (κ3) is 4.07. The van der Waals surface area contributed by atoms with E-state index in [9.17, 15) is 0 Å². The van der Waals surface area contributed by atoms with Gasteiger partial charge in [-0.1, -0.05) is 45.4 Å². The van der Waals surface area contributed by atoms with Crippen molar-refractivity contribution in [3.63, 3.8) is 0 Å². The number of nitriles is 1. The number of nitrogens with zero attached hydrogens (tertiary/aromatic N) is 4. The minimum atomic E-state index is 0.539. The van der Waals surface area contributed by atoms with E-state index < -0.39 is 0 Å². The molecule has 2 aromatic carbocycles. The molecule has 1 heterocycles. The summed E-state index contributed by atoms with van der Waals surface area (Å²) in [7, 11) is 1.97. The Morgan fingerprint density at radius 1 is 1.17 bits per heavy atom. The van der Waals surface area contributed by atoms with Crippen LogP contribution in [-0.4, -0.2) is 22.1 Å². The Labute approximate surface area is 148 Å². The van der Waals surface area contributed by atoms with Gasteiger partial charge in [0.2, 0.25) is 11.7 Å². The normalized spacial score (nSPS) is 10.8. The average molecular weight is 383 g/mol. The van der Waals surface area contributed by atoms with Gasteiger partial charge < -0.3 is 4.52 Å². The van der Waals surface area contributed by atoms with Crippen LogP contribution in [0.4, 0.5) is 0 Å². The summed E-state index contributed by atoms with van der Waals surface area (Å²) in [5.74, 6) is 1.13. The van der Waals surface area contributed by atoms with E-state index >= 15 is 0 Å². The van der Waals surface area contributed by atoms with Gasteiger partial charge in [0.15, 0.2) is 0 Å². The molecular formula is C18H15BrN4O. The molecule has 0 atom stereocenters. The molecule has 0 amide bonds. The van der Waals surface area contributed by atoms with Crippen molar-refractivity contribution in [1.82, 2.24) is 15.0 Å². The summed E-state index contributed by atoms with van der Waals surface area (Å²) < 4.78 is 6.31. The van der Waals surface area contributed by atoms with Crippen LogP contribution in [0, 0.1) is 11.3 Å². The highest BCUT2D eigenvalue weighted by molar-refractivity contribution is 9.10. The van der Waals surface area contributed by atoms with Crippen molar-refractivity contribution < 1.29 is 4.52 Å². The van der Waals surface area contributed by atoms with E-state index in [1.807, 2.05) is 49.5 Å². The summed E-state index contributed by atoms with van der Waals surface area (Å²) in [4.78, 5) is 6.51. The van der Waals surface area contributed by atoms with Gasteiger partial charge >= 0.3 is 0 Å². The Morgan fingerprint density at radius 2 is 2.00 bits per heavy atom. The molecule has 0 fully saturated rings. The highest BCUT2D eigenvalue weighted by Crippen LogP contribution is 2.20. The lowest BCUT2D eigenvalue weighted by molar-refractivity contribution is 0.261. The fourth-order valence-electron chi connectivity index (χ4n) is 2.40. The molecule has 0 aliphatic carbocycles. The zero-order valence-electron chi connectivity index (χ0n) is 13.1. The number of rotatable bonds is 5. The Balaban J connectivity index is 1.67. The van der Waals surface area contributed by atoms with Crippen LogP contribution >= 0.6 is 15.9 Å². The van der Waals surface area contributed by atoms with E-state index in [1.54, 1.807) is 6.07 Å². The van der Waals surface area contributed by atoms with Crippen LogP contribution in [0.25, 0.3) is 11.4 Å². The SMILES string of the molecule is CN(Cc1cccc(C#N)c1)Cc1nc(-c2cccc(Br)c2)no1. The second-order valence-electron chi connectivity index (χ2n) is 5.51. The van der Waals surface area contributed by atoms with Gasteiger partial charge in [-0.2, -0.15) is 10.2 Å². The molecule has 1 aromatic heterocycles. The van der Waals surface area contributed by atoms with Gasteiger partial charge in [-0.25, -0.2) is 0 Å². The molecule has 3 rings (SSSR count). The standard InChI is InChI=1S/C18H15BrN4O/c1-23(11-14-5-2-4-13(8-14)10-20)12-17-21-18(22-24-17)15-6-3-7-16(19)9-15/h2-9H,11-12H2,1H3. The van der Waals surface area contributed by atoms with E-state index in [0.717, 1.165) is 15.6 Å². The first-order valence-electron chi connectivity index (χ1n) is 7.40. The monoisotopic (exact) mass is 382 g/mol. The smallest absolute Gasteiger partial charge is 0.241 e. The molecule has 24 heavy (non-hydrogen) atoms. The summed E-state index contributed by atoms with van der Waals surface area (Å²) in [6.07, 6.45) is 0. The number of halogens is 1. The van der Waals surface area contributed by atoms with Gasteiger partial charge in [0, 0.05) is 16.6 Å². The van der Waals surface area contributed by atoms with Crippen molar-refractivity contribution in [2.75, 3.05) is 7.05 Å². The third-order valence-electron chi connectivity index (χ3n) is 3.46. The lowest BCUT2D eigenvalue weighted by atomic mass is 10.1. The summed E-state index contributed by atoms with van der Waals surface area (Å²) in [5, 5.41) is 13.0. The molecule has 0 saturated heterocycles. The highest BCUT2D eigenvalue weighted by atomic mass is 79.9. The number of benzene rings is 2. The van der Waals surface area contributed by atoms with Gasteiger partial charge in [-0.3, -0.25) is 4.90 Å². The minimum Gasteiger partial charge on any atom is -0.338 e. The van der Waals surface area contributed by atoms with E-state index in [0.29, 0.717) is 30.4 Å². The van der Waals surface area contributed by atoms with Crippen molar-refractivity contribution in [3.8, 4) is 17.5 Å². The van der Waals surface area contributed by atoms with Crippen molar-refractivity contribution in [1.29, 1.82) is 5.26 Å². The Kier molecular flexibility index (Phi) is 5.04. The Hall–Kier alpha value is -2.49. The first-order chi connectivity index (χ1) is 11.6. The third-order valence-corrected chi connectivity index (χ3v) is 3.96. The maximum Gasteiger partial charge on any atom is 0.241 e. The Bertz CT molecular complexity index is 884. The van der Waals surface area contributed by atoms with Crippen molar-refractivity contribution >= 4 is 15.9 Å². The molecule has 6 heteroatoms. The van der Waals surface area contributed by atoms with Crippen LogP contribution in [0.5, 0.6) is 0 Å². The minimum absolute atomic E-state index is 0.539. The van der Waals surface area contributed by atoms with Crippen LogP contribution in [0.3, 0.4) is 0 Å². The van der Waals surface area contributed by atoms with Crippen LogP contribution in [0.15, 0.2) is 57.5 Å². The number of hydrogen-bond donors (Lipinski definition) is 0. The molecule has 0 unspecified atom stereocenters. The van der Waals surface area contributed by atoms with E-state index in [4.69, 9.17) is 9.78 Å². The van der Waals surface area contributed by atoms with Crippen molar-refractivity contribution in [2.45, 2.75) is 13.1 Å². The molecule has 0 N–H and O–H groups in total. The highest BCUT2D eigenvalue weighted by Gasteiger charge is 2.11. The van der Waals surface area contributed by atoms with Crippen LogP contribution in [0.1, 0.15) is 17.0 Å². The molecule has 3 aromatic rings. The van der Waals surface area contributed by atoms with Gasteiger partial charge in [0.1, 0.15) is 0 Å². The number of hydrogen-bond acceptors (Lipinski definition) is 5. The largest absolute Gasteiger partial charge is 0.338 e. The first-order valence-corrected chi connectivity index (χ1v) is 8.19. The lowest BCUT2D eigenvalue weighted by Crippen LogP contribution is -2.17. The average Bonchev–Trinajstić information content (AvgIpc) is 3.03. The zero-order valence-corrected chi connectivity index (χ0v) is 14.7. The second kappa shape index (κ2) is 7.39. The topological polar surface area (TPSA) is 66.0 Å². The predicted molar refractivity (Wildman–Crippen MR) is 93.8 cm³/mol. The van der Waals surface area contributed by atoms with Crippen LogP contribution in [0.2, 0.25) is 0 Å². The summed E-state index contributed by atoms with van der Waals surface area (Å²) >= 11 is 3.44. The van der Waals surface area contributed by atoms with Crippen LogP contribution < -0.4 is 0 Å². The maximum absolute atomic E-state index is 8.96. The van der Waals surface area contributed by atoms with E-state index in [1.165, 1.54) is 0 Å². The fraction of sp³-hybridized carbons (Fsp3) is 0.167. The number of aromatic nitrogens is 2. The zero-order chi connectivity index (χ0) is 16.9. The predicted octanol–water partition coefficient (Wildman–Crippen LogP) is 4.00. The van der Waals surface area contributed by atoms with Crippen molar-refractivity contribution in [3.05, 3.63) is 70.0 Å². The molecule has 0 spiro atoms.